The summed E-state index contributed by atoms with van der Waals surface area (Å²) in [7, 11) is 0. The molecule has 1 fully saturated rings. The first-order valence-electron chi connectivity index (χ1n) is 9.24. The Morgan fingerprint density at radius 3 is 2.46 bits per heavy atom. The molecular formula is C21H23N3O2. The van der Waals surface area contributed by atoms with Crippen molar-refractivity contribution in [3.63, 3.8) is 0 Å². The zero-order valence-corrected chi connectivity index (χ0v) is 14.8. The van der Waals surface area contributed by atoms with Gasteiger partial charge in [0.05, 0.1) is 17.9 Å². The van der Waals surface area contributed by atoms with Gasteiger partial charge in [-0.2, -0.15) is 0 Å². The Balaban J connectivity index is 1.49. The molecule has 1 N–H and O–H groups in total. The molecule has 1 saturated heterocycles. The van der Waals surface area contributed by atoms with E-state index in [1.54, 1.807) is 4.90 Å². The normalized spacial score (nSPS) is 16.5. The van der Waals surface area contributed by atoms with E-state index in [-0.39, 0.29) is 11.8 Å². The standard InChI is InChI=1S/C21H23N3O2/c25-20(15-23-13-5-8-16-7-1-3-10-18(16)23)22-17-9-2-4-11-19(17)24-14-6-12-21(24)26/h1-4,7,9-11H,5-6,8,12-15H2,(H,22,25). The van der Waals surface area contributed by atoms with Crippen LogP contribution in [0.25, 0.3) is 0 Å². The molecule has 0 aromatic heterocycles. The number of hydrogen-bond donors (Lipinski definition) is 1. The van der Waals surface area contributed by atoms with Gasteiger partial charge in [-0.05, 0) is 43.0 Å². The van der Waals surface area contributed by atoms with Gasteiger partial charge in [0, 0.05) is 25.2 Å². The van der Waals surface area contributed by atoms with Crippen LogP contribution < -0.4 is 15.1 Å². The molecule has 0 saturated carbocycles. The Kier molecular flexibility index (Phi) is 4.61. The van der Waals surface area contributed by atoms with E-state index >= 15 is 0 Å². The summed E-state index contributed by atoms with van der Waals surface area (Å²) in [5.74, 6) is 0.0671. The van der Waals surface area contributed by atoms with E-state index in [0.717, 1.165) is 37.2 Å². The molecule has 5 heteroatoms. The summed E-state index contributed by atoms with van der Waals surface area (Å²) in [6.07, 6.45) is 3.57. The molecular weight excluding hydrogens is 326 g/mol. The van der Waals surface area contributed by atoms with E-state index in [4.69, 9.17) is 0 Å². The predicted octanol–water partition coefficient (Wildman–Crippen LogP) is 3.20. The van der Waals surface area contributed by atoms with Crippen LogP contribution in [-0.2, 0) is 16.0 Å². The monoisotopic (exact) mass is 349 g/mol. The predicted molar refractivity (Wildman–Crippen MR) is 104 cm³/mol. The minimum absolute atomic E-state index is 0.0548. The number of para-hydroxylation sites is 3. The number of rotatable bonds is 4. The van der Waals surface area contributed by atoms with Gasteiger partial charge >= 0.3 is 0 Å². The van der Waals surface area contributed by atoms with Crippen molar-refractivity contribution in [3.05, 3.63) is 54.1 Å². The van der Waals surface area contributed by atoms with E-state index in [0.29, 0.717) is 25.2 Å². The Morgan fingerprint density at radius 1 is 0.923 bits per heavy atom. The molecule has 134 valence electrons. The summed E-state index contributed by atoms with van der Waals surface area (Å²) >= 11 is 0. The molecule has 0 aliphatic carbocycles. The van der Waals surface area contributed by atoms with Crippen molar-refractivity contribution in [3.8, 4) is 0 Å². The van der Waals surface area contributed by atoms with Gasteiger partial charge in [-0.15, -0.1) is 0 Å². The topological polar surface area (TPSA) is 52.7 Å². The molecule has 0 atom stereocenters. The van der Waals surface area contributed by atoms with Gasteiger partial charge in [-0.1, -0.05) is 30.3 Å². The zero-order valence-electron chi connectivity index (χ0n) is 14.8. The van der Waals surface area contributed by atoms with Gasteiger partial charge < -0.3 is 15.1 Å². The van der Waals surface area contributed by atoms with Crippen molar-refractivity contribution >= 4 is 28.9 Å². The zero-order chi connectivity index (χ0) is 17.9. The number of benzene rings is 2. The molecule has 0 unspecified atom stereocenters. The third-order valence-electron chi connectivity index (χ3n) is 5.08. The number of fused-ring (bicyclic) bond motifs is 1. The third-order valence-corrected chi connectivity index (χ3v) is 5.08. The van der Waals surface area contributed by atoms with Crippen molar-refractivity contribution in [1.29, 1.82) is 0 Å². The SMILES string of the molecule is O=C(CN1CCCc2ccccc21)Nc1ccccc1N1CCCC1=O. The van der Waals surface area contributed by atoms with Gasteiger partial charge in [0.15, 0.2) is 0 Å². The van der Waals surface area contributed by atoms with Crippen molar-refractivity contribution in [1.82, 2.24) is 0 Å². The molecule has 0 bridgehead atoms. The molecule has 26 heavy (non-hydrogen) atoms. The van der Waals surface area contributed by atoms with E-state index < -0.39 is 0 Å². The number of carbonyl (C=O) groups excluding carboxylic acids is 2. The van der Waals surface area contributed by atoms with Crippen LogP contribution in [0.2, 0.25) is 0 Å². The van der Waals surface area contributed by atoms with Crippen molar-refractivity contribution in [2.45, 2.75) is 25.7 Å². The van der Waals surface area contributed by atoms with Crippen LogP contribution in [0.3, 0.4) is 0 Å². The number of hydrogen-bond acceptors (Lipinski definition) is 3. The van der Waals surface area contributed by atoms with Gasteiger partial charge in [-0.25, -0.2) is 0 Å². The van der Waals surface area contributed by atoms with E-state index in [9.17, 15) is 9.59 Å². The van der Waals surface area contributed by atoms with Crippen LogP contribution in [0.15, 0.2) is 48.5 Å². The average molecular weight is 349 g/mol. The van der Waals surface area contributed by atoms with Gasteiger partial charge in [0.1, 0.15) is 0 Å². The molecule has 5 nitrogen and oxygen atoms in total. The van der Waals surface area contributed by atoms with E-state index in [1.807, 2.05) is 36.4 Å². The summed E-state index contributed by atoms with van der Waals surface area (Å²) in [5, 5.41) is 3.01. The summed E-state index contributed by atoms with van der Waals surface area (Å²) in [5.41, 5.74) is 3.95. The fraction of sp³-hybridized carbons (Fsp3) is 0.333. The van der Waals surface area contributed by atoms with Crippen LogP contribution in [-0.4, -0.2) is 31.4 Å². The number of aryl methyl sites for hydroxylation is 1. The molecule has 2 aliphatic heterocycles. The fourth-order valence-electron chi connectivity index (χ4n) is 3.86. The maximum atomic E-state index is 12.7. The molecule has 2 aliphatic rings. The summed E-state index contributed by atoms with van der Waals surface area (Å²) in [6, 6.07) is 15.8. The molecule has 0 spiro atoms. The first-order valence-corrected chi connectivity index (χ1v) is 9.24. The van der Waals surface area contributed by atoms with Gasteiger partial charge in [0.2, 0.25) is 11.8 Å². The first kappa shape index (κ1) is 16.6. The summed E-state index contributed by atoms with van der Waals surface area (Å²) < 4.78 is 0. The van der Waals surface area contributed by atoms with Crippen LogP contribution in [0, 0.1) is 0 Å². The lowest BCUT2D eigenvalue weighted by molar-refractivity contribution is -0.117. The van der Waals surface area contributed by atoms with E-state index in [2.05, 4.69) is 22.3 Å². The highest BCUT2D eigenvalue weighted by Gasteiger charge is 2.25. The molecule has 4 rings (SSSR count). The minimum atomic E-state index is -0.0548. The highest BCUT2D eigenvalue weighted by atomic mass is 16.2. The van der Waals surface area contributed by atoms with Crippen molar-refractivity contribution in [2.75, 3.05) is 34.8 Å². The first-order chi connectivity index (χ1) is 12.7. The lowest BCUT2D eigenvalue weighted by atomic mass is 10.0. The highest BCUT2D eigenvalue weighted by molar-refractivity contribution is 6.03. The molecule has 0 radical (unpaired) electrons. The quantitative estimate of drug-likeness (QED) is 0.922. The van der Waals surface area contributed by atoms with Crippen LogP contribution in [0.1, 0.15) is 24.8 Å². The Morgan fingerprint density at radius 2 is 1.65 bits per heavy atom. The molecule has 2 aromatic rings. The number of carbonyl (C=O) groups is 2. The number of nitrogens with one attached hydrogen (secondary N) is 1. The largest absolute Gasteiger partial charge is 0.362 e. The lowest BCUT2D eigenvalue weighted by Gasteiger charge is -2.30. The number of amides is 2. The Hall–Kier alpha value is -2.82. The summed E-state index contributed by atoms with van der Waals surface area (Å²) in [6.45, 7) is 1.92. The van der Waals surface area contributed by atoms with Crippen molar-refractivity contribution in [2.24, 2.45) is 0 Å². The van der Waals surface area contributed by atoms with Crippen LogP contribution >= 0.6 is 0 Å². The van der Waals surface area contributed by atoms with Crippen LogP contribution in [0.5, 0.6) is 0 Å². The molecule has 2 amide bonds. The second kappa shape index (κ2) is 7.20. The summed E-state index contributed by atoms with van der Waals surface area (Å²) in [4.78, 5) is 28.7. The van der Waals surface area contributed by atoms with Gasteiger partial charge in [-0.3, -0.25) is 9.59 Å². The number of nitrogens with zero attached hydrogens (tertiary/aromatic N) is 2. The second-order valence-corrected chi connectivity index (χ2v) is 6.87. The maximum absolute atomic E-state index is 12.7. The highest BCUT2D eigenvalue weighted by Crippen LogP contribution is 2.30. The Bertz CT molecular complexity index is 834. The van der Waals surface area contributed by atoms with Crippen molar-refractivity contribution < 1.29 is 9.59 Å². The second-order valence-electron chi connectivity index (χ2n) is 6.87. The van der Waals surface area contributed by atoms with Gasteiger partial charge in [0.25, 0.3) is 0 Å². The smallest absolute Gasteiger partial charge is 0.243 e. The maximum Gasteiger partial charge on any atom is 0.243 e. The minimum Gasteiger partial charge on any atom is -0.362 e. The Labute approximate surface area is 153 Å². The van der Waals surface area contributed by atoms with E-state index in [1.165, 1.54) is 5.56 Å². The fourth-order valence-corrected chi connectivity index (χ4v) is 3.86. The lowest BCUT2D eigenvalue weighted by Crippen LogP contribution is -2.37. The van der Waals surface area contributed by atoms with Crippen LogP contribution in [0.4, 0.5) is 17.1 Å². The molecule has 2 aromatic carbocycles. The third kappa shape index (κ3) is 3.29. The molecule has 2 heterocycles. The number of anilines is 3. The average Bonchev–Trinajstić information content (AvgIpc) is 3.08.